The summed E-state index contributed by atoms with van der Waals surface area (Å²) in [6, 6.07) is 0. The summed E-state index contributed by atoms with van der Waals surface area (Å²) in [4.78, 5) is 11.0. The molecular weight excluding hydrogens is 287 g/mol. The van der Waals surface area contributed by atoms with E-state index in [0.29, 0.717) is 4.90 Å². The zero-order chi connectivity index (χ0) is 15.5. The quantitative estimate of drug-likeness (QED) is 0.797. The van der Waals surface area contributed by atoms with Crippen LogP contribution in [0.3, 0.4) is 0 Å². The Balaban J connectivity index is 4.72. The predicted molar refractivity (Wildman–Crippen MR) is 63.7 cm³/mol. The lowest BCUT2D eigenvalue weighted by molar-refractivity contribution is -0.153. The molecule has 0 radical (unpaired) electrons. The van der Waals surface area contributed by atoms with Gasteiger partial charge in [0.05, 0.1) is 23.6 Å². The zero-order valence-corrected chi connectivity index (χ0v) is 11.8. The summed E-state index contributed by atoms with van der Waals surface area (Å²) in [6.45, 7) is 1.55. The van der Waals surface area contributed by atoms with Crippen molar-refractivity contribution in [3.63, 3.8) is 0 Å². The van der Waals surface area contributed by atoms with Crippen molar-refractivity contribution in [1.29, 1.82) is 0 Å². The smallest absolute Gasteiger partial charge is 0.401 e. The number of alkyl halides is 3. The monoisotopic (exact) mass is 305 g/mol. The maximum absolute atomic E-state index is 12.2. The summed E-state index contributed by atoms with van der Waals surface area (Å²) in [5, 5.41) is 8.51. The van der Waals surface area contributed by atoms with Gasteiger partial charge in [0.15, 0.2) is 9.84 Å². The van der Waals surface area contributed by atoms with Crippen LogP contribution in [0.4, 0.5) is 13.2 Å². The number of carboxylic acid groups (broad SMARTS) is 1. The highest BCUT2D eigenvalue weighted by atomic mass is 32.2. The molecule has 0 aliphatic heterocycles. The number of aliphatic carboxylic acids is 1. The Hall–Kier alpha value is -0.830. The number of sulfone groups is 1. The van der Waals surface area contributed by atoms with Crippen molar-refractivity contribution in [2.45, 2.75) is 31.7 Å². The van der Waals surface area contributed by atoms with Crippen molar-refractivity contribution in [2.75, 3.05) is 25.4 Å². The van der Waals surface area contributed by atoms with Crippen LogP contribution < -0.4 is 0 Å². The standard InChI is InChI=1S/C10H18F3NO4S/c1-9(2,3)19(17,18)5-4-14(6-8(15)16)7-10(11,12)13/h4-7H2,1-3H3,(H,15,16). The fourth-order valence-corrected chi connectivity index (χ4v) is 2.33. The number of rotatable bonds is 6. The van der Waals surface area contributed by atoms with E-state index in [4.69, 9.17) is 5.11 Å². The topological polar surface area (TPSA) is 74.7 Å². The van der Waals surface area contributed by atoms with Gasteiger partial charge in [-0.3, -0.25) is 9.69 Å². The number of hydrogen-bond acceptors (Lipinski definition) is 4. The van der Waals surface area contributed by atoms with E-state index in [2.05, 4.69) is 0 Å². The minimum absolute atomic E-state index is 0.467. The SMILES string of the molecule is CC(C)(C)S(=O)(=O)CCN(CC(=O)O)CC(F)(F)F. The second-order valence-electron chi connectivity index (χ2n) is 5.15. The molecule has 0 rings (SSSR count). The molecule has 0 aromatic rings. The van der Waals surface area contributed by atoms with Gasteiger partial charge < -0.3 is 5.11 Å². The van der Waals surface area contributed by atoms with Crippen molar-refractivity contribution in [3.05, 3.63) is 0 Å². The van der Waals surface area contributed by atoms with E-state index in [1.54, 1.807) is 0 Å². The van der Waals surface area contributed by atoms with Crippen LogP contribution in [-0.2, 0) is 14.6 Å². The second-order valence-corrected chi connectivity index (χ2v) is 8.01. The molecule has 0 aliphatic carbocycles. The van der Waals surface area contributed by atoms with Crippen molar-refractivity contribution in [1.82, 2.24) is 4.90 Å². The molecule has 0 saturated carbocycles. The average molecular weight is 305 g/mol. The molecule has 0 aromatic carbocycles. The highest BCUT2D eigenvalue weighted by molar-refractivity contribution is 7.92. The van der Waals surface area contributed by atoms with Crippen LogP contribution >= 0.6 is 0 Å². The molecule has 1 N–H and O–H groups in total. The first-order valence-corrected chi connectivity index (χ1v) is 7.13. The molecule has 0 aromatic heterocycles. The molecule has 5 nitrogen and oxygen atoms in total. The molecule has 0 aliphatic rings. The van der Waals surface area contributed by atoms with Gasteiger partial charge in [-0.15, -0.1) is 0 Å². The summed E-state index contributed by atoms with van der Waals surface area (Å²) in [7, 11) is -3.59. The van der Waals surface area contributed by atoms with Crippen molar-refractivity contribution in [2.24, 2.45) is 0 Å². The number of hydrogen-bond donors (Lipinski definition) is 1. The summed E-state index contributed by atoms with van der Waals surface area (Å²) in [5.74, 6) is -1.95. The molecule has 0 heterocycles. The molecule has 0 atom stereocenters. The Morgan fingerprint density at radius 3 is 2.00 bits per heavy atom. The maximum atomic E-state index is 12.2. The lowest BCUT2D eigenvalue weighted by Gasteiger charge is -2.24. The lowest BCUT2D eigenvalue weighted by atomic mass is 10.3. The normalized spacial score (nSPS) is 13.8. The van der Waals surface area contributed by atoms with Gasteiger partial charge >= 0.3 is 12.1 Å². The highest BCUT2D eigenvalue weighted by Crippen LogP contribution is 2.19. The Kier molecular flexibility index (Phi) is 5.82. The average Bonchev–Trinajstić information content (AvgIpc) is 2.09. The van der Waals surface area contributed by atoms with Gasteiger partial charge in [0.1, 0.15) is 0 Å². The lowest BCUT2D eigenvalue weighted by Crippen LogP contribution is -2.42. The van der Waals surface area contributed by atoms with E-state index >= 15 is 0 Å². The Morgan fingerprint density at radius 1 is 1.21 bits per heavy atom. The summed E-state index contributed by atoms with van der Waals surface area (Å²) >= 11 is 0. The Labute approximate surface area is 110 Å². The van der Waals surface area contributed by atoms with Gasteiger partial charge in [0.25, 0.3) is 0 Å². The molecule has 0 bridgehead atoms. The van der Waals surface area contributed by atoms with Crippen molar-refractivity contribution < 1.29 is 31.5 Å². The van der Waals surface area contributed by atoms with Crippen LogP contribution in [0, 0.1) is 0 Å². The fraction of sp³-hybridized carbons (Fsp3) is 0.900. The van der Waals surface area contributed by atoms with Gasteiger partial charge in [-0.1, -0.05) is 0 Å². The second kappa shape index (κ2) is 6.08. The number of halogens is 3. The van der Waals surface area contributed by atoms with Gasteiger partial charge in [-0.05, 0) is 20.8 Å². The number of carboxylic acids is 1. The Morgan fingerprint density at radius 2 is 1.68 bits per heavy atom. The third-order valence-electron chi connectivity index (χ3n) is 2.37. The van der Waals surface area contributed by atoms with Crippen LogP contribution in [0.15, 0.2) is 0 Å². The van der Waals surface area contributed by atoms with E-state index in [1.807, 2.05) is 0 Å². The molecule has 9 heteroatoms. The first-order valence-electron chi connectivity index (χ1n) is 5.48. The largest absolute Gasteiger partial charge is 0.480 e. The van der Waals surface area contributed by atoms with E-state index in [1.165, 1.54) is 20.8 Å². The molecule has 0 unspecified atom stereocenters. The summed E-state index contributed by atoms with van der Waals surface area (Å²) in [6.07, 6.45) is -4.57. The molecular formula is C10H18F3NO4S. The first kappa shape index (κ1) is 18.2. The van der Waals surface area contributed by atoms with Crippen LogP contribution in [0.25, 0.3) is 0 Å². The van der Waals surface area contributed by atoms with Crippen LogP contribution in [0.5, 0.6) is 0 Å². The summed E-state index contributed by atoms with van der Waals surface area (Å²) in [5.41, 5.74) is 0. The zero-order valence-electron chi connectivity index (χ0n) is 11.0. The van der Waals surface area contributed by atoms with E-state index in [0.717, 1.165) is 0 Å². The van der Waals surface area contributed by atoms with E-state index < -0.39 is 52.1 Å². The number of carbonyl (C=O) groups is 1. The first-order chi connectivity index (χ1) is 8.24. The molecule has 0 amide bonds. The van der Waals surface area contributed by atoms with Gasteiger partial charge in [-0.25, -0.2) is 8.42 Å². The highest BCUT2D eigenvalue weighted by Gasteiger charge is 2.34. The fourth-order valence-electron chi connectivity index (χ4n) is 1.21. The van der Waals surface area contributed by atoms with Gasteiger partial charge in [0.2, 0.25) is 0 Å². The molecule has 0 saturated heterocycles. The minimum atomic E-state index is -4.57. The number of nitrogens with zero attached hydrogens (tertiary/aromatic N) is 1. The van der Waals surface area contributed by atoms with Crippen molar-refractivity contribution >= 4 is 15.8 Å². The predicted octanol–water partition coefficient (Wildman–Crippen LogP) is 1.15. The third kappa shape index (κ3) is 7.36. The van der Waals surface area contributed by atoms with Crippen LogP contribution in [0.2, 0.25) is 0 Å². The van der Waals surface area contributed by atoms with Crippen LogP contribution in [0.1, 0.15) is 20.8 Å². The maximum Gasteiger partial charge on any atom is 0.401 e. The summed E-state index contributed by atoms with van der Waals surface area (Å²) < 4.78 is 59.1. The van der Waals surface area contributed by atoms with Gasteiger partial charge in [0, 0.05) is 6.54 Å². The Bertz CT molecular complexity index is 411. The van der Waals surface area contributed by atoms with Crippen molar-refractivity contribution in [3.8, 4) is 0 Å². The van der Waals surface area contributed by atoms with Gasteiger partial charge in [-0.2, -0.15) is 13.2 Å². The molecule has 19 heavy (non-hydrogen) atoms. The third-order valence-corrected chi connectivity index (χ3v) is 4.96. The molecule has 0 fully saturated rings. The molecule has 0 spiro atoms. The van der Waals surface area contributed by atoms with E-state index in [9.17, 15) is 26.4 Å². The molecule has 114 valence electrons. The van der Waals surface area contributed by atoms with E-state index in [-0.39, 0.29) is 0 Å². The van der Waals surface area contributed by atoms with Crippen LogP contribution in [-0.4, -0.2) is 60.7 Å². The minimum Gasteiger partial charge on any atom is -0.480 e.